The zero-order valence-corrected chi connectivity index (χ0v) is 13.0. The van der Waals surface area contributed by atoms with Crippen molar-refractivity contribution in [2.24, 2.45) is 5.92 Å². The van der Waals surface area contributed by atoms with E-state index in [-0.39, 0.29) is 5.78 Å². The molecular weight excluding hydrogens is 274 g/mol. The lowest BCUT2D eigenvalue weighted by Gasteiger charge is -2.32. The second-order valence-electron chi connectivity index (χ2n) is 5.69. The number of benzene rings is 1. The van der Waals surface area contributed by atoms with Crippen LogP contribution in [-0.4, -0.2) is 34.0 Å². The molecule has 0 atom stereocenters. The number of sulfone groups is 1. The molecular formula is C15H21NO3S. The van der Waals surface area contributed by atoms with Gasteiger partial charge in [0, 0.05) is 25.4 Å². The van der Waals surface area contributed by atoms with Gasteiger partial charge in [-0.1, -0.05) is 6.42 Å². The fourth-order valence-corrected chi connectivity index (χ4v) is 3.42. The lowest BCUT2D eigenvalue weighted by molar-refractivity contribution is 0.101. The first-order valence-electron chi connectivity index (χ1n) is 6.85. The number of rotatable bonds is 5. The van der Waals surface area contributed by atoms with Crippen LogP contribution in [0, 0.1) is 5.92 Å². The average Bonchev–Trinajstić information content (AvgIpc) is 2.31. The lowest BCUT2D eigenvalue weighted by Crippen LogP contribution is -2.30. The molecule has 0 spiro atoms. The van der Waals surface area contributed by atoms with Crippen LogP contribution in [0.5, 0.6) is 0 Å². The standard InChI is InChI=1S/C15H21NO3S/c1-11(17)13-7-8-15(20(3,18)19)14(9-13)16(2)10-12-5-4-6-12/h7-9,12H,4-6,10H2,1-3H3. The number of nitrogens with zero attached hydrogens (tertiary/aromatic N) is 1. The second kappa shape index (κ2) is 5.56. The third-order valence-corrected chi connectivity index (χ3v) is 5.08. The molecule has 20 heavy (non-hydrogen) atoms. The smallest absolute Gasteiger partial charge is 0.177 e. The molecule has 0 bridgehead atoms. The molecule has 1 saturated carbocycles. The largest absolute Gasteiger partial charge is 0.373 e. The fraction of sp³-hybridized carbons (Fsp3) is 0.533. The van der Waals surface area contributed by atoms with E-state index >= 15 is 0 Å². The van der Waals surface area contributed by atoms with Gasteiger partial charge in [0.25, 0.3) is 0 Å². The van der Waals surface area contributed by atoms with E-state index in [9.17, 15) is 13.2 Å². The molecule has 1 aromatic carbocycles. The number of carbonyl (C=O) groups excluding carboxylic acids is 1. The highest BCUT2D eigenvalue weighted by molar-refractivity contribution is 7.90. The summed E-state index contributed by atoms with van der Waals surface area (Å²) in [6, 6.07) is 4.81. The molecule has 0 unspecified atom stereocenters. The monoisotopic (exact) mass is 295 g/mol. The van der Waals surface area contributed by atoms with Gasteiger partial charge >= 0.3 is 0 Å². The molecule has 1 aliphatic rings. The zero-order chi connectivity index (χ0) is 14.9. The highest BCUT2D eigenvalue weighted by Crippen LogP contribution is 2.31. The number of hydrogen-bond acceptors (Lipinski definition) is 4. The minimum absolute atomic E-state index is 0.0525. The topological polar surface area (TPSA) is 54.5 Å². The van der Waals surface area contributed by atoms with Gasteiger partial charge < -0.3 is 4.90 Å². The van der Waals surface area contributed by atoms with Crippen LogP contribution in [0.25, 0.3) is 0 Å². The Labute approximate surface area is 120 Å². The highest BCUT2D eigenvalue weighted by atomic mass is 32.2. The zero-order valence-electron chi connectivity index (χ0n) is 12.2. The quantitative estimate of drug-likeness (QED) is 0.783. The van der Waals surface area contributed by atoms with Crippen molar-refractivity contribution in [3.8, 4) is 0 Å². The number of Topliss-reactive ketones (excluding diaryl/α,β-unsaturated/α-hetero) is 1. The van der Waals surface area contributed by atoms with E-state index in [2.05, 4.69) is 0 Å². The van der Waals surface area contributed by atoms with Crippen LogP contribution in [0.2, 0.25) is 0 Å². The first kappa shape index (κ1) is 15.0. The predicted octanol–water partition coefficient (Wildman–Crippen LogP) is 2.53. The fourth-order valence-electron chi connectivity index (χ4n) is 2.51. The van der Waals surface area contributed by atoms with Gasteiger partial charge in [0.2, 0.25) is 0 Å². The summed E-state index contributed by atoms with van der Waals surface area (Å²) in [6.07, 6.45) is 4.86. The third-order valence-electron chi connectivity index (χ3n) is 3.93. The third kappa shape index (κ3) is 3.20. The van der Waals surface area contributed by atoms with E-state index in [1.165, 1.54) is 32.4 Å². The second-order valence-corrected chi connectivity index (χ2v) is 7.67. The van der Waals surface area contributed by atoms with Crippen molar-refractivity contribution in [2.45, 2.75) is 31.1 Å². The number of carbonyl (C=O) groups is 1. The van der Waals surface area contributed by atoms with E-state index in [0.717, 1.165) is 6.54 Å². The molecule has 0 N–H and O–H groups in total. The van der Waals surface area contributed by atoms with Crippen LogP contribution in [0.1, 0.15) is 36.5 Å². The Morgan fingerprint density at radius 1 is 1.35 bits per heavy atom. The molecule has 2 rings (SSSR count). The van der Waals surface area contributed by atoms with Crippen LogP contribution in [0.3, 0.4) is 0 Å². The molecule has 0 saturated heterocycles. The molecule has 0 radical (unpaired) electrons. The molecule has 110 valence electrons. The maximum absolute atomic E-state index is 11.9. The van der Waals surface area contributed by atoms with Crippen LogP contribution in [0.4, 0.5) is 5.69 Å². The van der Waals surface area contributed by atoms with Gasteiger partial charge in [0.05, 0.1) is 10.6 Å². The van der Waals surface area contributed by atoms with Crippen molar-refractivity contribution in [2.75, 3.05) is 24.7 Å². The lowest BCUT2D eigenvalue weighted by atomic mass is 9.85. The maximum atomic E-state index is 11.9. The Bertz CT molecular complexity index is 618. The van der Waals surface area contributed by atoms with Crippen LogP contribution in [-0.2, 0) is 9.84 Å². The van der Waals surface area contributed by atoms with Crippen molar-refractivity contribution in [1.29, 1.82) is 0 Å². The molecule has 4 nitrogen and oxygen atoms in total. The summed E-state index contributed by atoms with van der Waals surface area (Å²) in [5.74, 6) is 0.580. The number of anilines is 1. The Balaban J connectivity index is 2.39. The SMILES string of the molecule is CC(=O)c1ccc(S(C)(=O)=O)c(N(C)CC2CCC2)c1. The van der Waals surface area contributed by atoms with Crippen LogP contribution >= 0.6 is 0 Å². The van der Waals surface area contributed by atoms with E-state index < -0.39 is 9.84 Å². The molecule has 5 heteroatoms. The minimum Gasteiger partial charge on any atom is -0.373 e. The van der Waals surface area contributed by atoms with Gasteiger partial charge in [-0.15, -0.1) is 0 Å². The normalized spacial score (nSPS) is 15.8. The Hall–Kier alpha value is -1.36. The van der Waals surface area contributed by atoms with Crippen molar-refractivity contribution in [1.82, 2.24) is 0 Å². The average molecular weight is 295 g/mol. The summed E-state index contributed by atoms with van der Waals surface area (Å²) < 4.78 is 23.8. The first-order chi connectivity index (χ1) is 9.29. The molecule has 0 aliphatic heterocycles. The van der Waals surface area contributed by atoms with Crippen molar-refractivity contribution < 1.29 is 13.2 Å². The molecule has 1 fully saturated rings. The first-order valence-corrected chi connectivity index (χ1v) is 8.74. The molecule has 1 aromatic rings. The van der Waals surface area contributed by atoms with Crippen molar-refractivity contribution >= 4 is 21.3 Å². The Kier molecular flexibility index (Phi) is 4.18. The van der Waals surface area contributed by atoms with Gasteiger partial charge in [-0.05, 0) is 43.9 Å². The Morgan fingerprint density at radius 3 is 2.45 bits per heavy atom. The van der Waals surface area contributed by atoms with Crippen molar-refractivity contribution in [3.05, 3.63) is 23.8 Å². The summed E-state index contributed by atoms with van der Waals surface area (Å²) in [4.78, 5) is 13.8. The summed E-state index contributed by atoms with van der Waals surface area (Å²) >= 11 is 0. The Morgan fingerprint density at radius 2 is 2.00 bits per heavy atom. The summed E-state index contributed by atoms with van der Waals surface area (Å²) in [7, 11) is -1.40. The molecule has 0 heterocycles. The van der Waals surface area contributed by atoms with Crippen molar-refractivity contribution in [3.63, 3.8) is 0 Å². The van der Waals surface area contributed by atoms with E-state index in [1.54, 1.807) is 18.2 Å². The van der Waals surface area contributed by atoms with Gasteiger partial charge in [-0.3, -0.25) is 4.79 Å². The summed E-state index contributed by atoms with van der Waals surface area (Å²) in [5, 5.41) is 0. The van der Waals surface area contributed by atoms with Gasteiger partial charge in [-0.2, -0.15) is 0 Å². The number of ketones is 1. The molecule has 0 amide bonds. The van der Waals surface area contributed by atoms with Crippen LogP contribution < -0.4 is 4.90 Å². The van der Waals surface area contributed by atoms with Crippen LogP contribution in [0.15, 0.2) is 23.1 Å². The summed E-state index contributed by atoms with van der Waals surface area (Å²) in [5.41, 5.74) is 1.18. The molecule has 0 aromatic heterocycles. The molecule has 1 aliphatic carbocycles. The maximum Gasteiger partial charge on any atom is 0.177 e. The summed E-state index contributed by atoms with van der Waals surface area (Å²) in [6.45, 7) is 2.33. The number of hydrogen-bond donors (Lipinski definition) is 0. The van der Waals surface area contributed by atoms with Gasteiger partial charge in [-0.25, -0.2) is 8.42 Å². The van der Waals surface area contributed by atoms with E-state index in [1.807, 2.05) is 11.9 Å². The predicted molar refractivity (Wildman–Crippen MR) is 80.2 cm³/mol. The highest BCUT2D eigenvalue weighted by Gasteiger charge is 2.23. The van der Waals surface area contributed by atoms with E-state index in [0.29, 0.717) is 22.1 Å². The van der Waals surface area contributed by atoms with Gasteiger partial charge in [0.15, 0.2) is 15.6 Å². The minimum atomic E-state index is -3.30. The van der Waals surface area contributed by atoms with E-state index in [4.69, 9.17) is 0 Å². The van der Waals surface area contributed by atoms with Gasteiger partial charge in [0.1, 0.15) is 0 Å².